The Morgan fingerprint density at radius 3 is 2.29 bits per heavy atom. The third-order valence-electron chi connectivity index (χ3n) is 3.36. The molecule has 0 aromatic carbocycles. The molecule has 4 heteroatoms. The molecule has 0 unspecified atom stereocenters. The van der Waals surface area contributed by atoms with Crippen LogP contribution in [-0.2, 0) is 8.85 Å². The minimum absolute atomic E-state index is 0.781. The maximum absolute atomic E-state index is 5.66. The van der Waals surface area contributed by atoms with Gasteiger partial charge in [0.15, 0.2) is 0 Å². The van der Waals surface area contributed by atoms with Crippen LogP contribution in [0.1, 0.15) is 52.4 Å². The van der Waals surface area contributed by atoms with Crippen LogP contribution in [0.25, 0.3) is 0 Å². The molecule has 0 spiro atoms. The van der Waals surface area contributed by atoms with Gasteiger partial charge in [-0.25, -0.2) is 0 Å². The predicted octanol–water partition coefficient (Wildman–Crippen LogP) is 2.59. The highest BCUT2D eigenvalue weighted by molar-refractivity contribution is 6.44. The van der Waals surface area contributed by atoms with Gasteiger partial charge in [0.05, 0.1) is 0 Å². The molecule has 102 valence electrons. The maximum atomic E-state index is 5.66. The lowest BCUT2D eigenvalue weighted by Gasteiger charge is -2.23. The van der Waals surface area contributed by atoms with Crippen LogP contribution in [0.3, 0.4) is 0 Å². The Balaban J connectivity index is 2.00. The molecule has 1 fully saturated rings. The summed E-state index contributed by atoms with van der Waals surface area (Å²) in [7, 11) is -1.35. The Kier molecular flexibility index (Phi) is 8.97. The van der Waals surface area contributed by atoms with E-state index in [0.717, 1.165) is 31.8 Å². The second kappa shape index (κ2) is 10.1. The van der Waals surface area contributed by atoms with Crippen LogP contribution in [-0.4, -0.2) is 35.1 Å². The van der Waals surface area contributed by atoms with E-state index in [2.05, 4.69) is 19.2 Å². The van der Waals surface area contributed by atoms with E-state index >= 15 is 0 Å². The zero-order valence-corrected chi connectivity index (χ0v) is 12.7. The molecule has 17 heavy (non-hydrogen) atoms. The standard InChI is InChI=1S/C13H29NO2Si/c1-3-15-17(16-4-2)12-8-11-14-13-9-6-5-7-10-13/h13-14,17H,3-12H2,1-2H3. The van der Waals surface area contributed by atoms with Gasteiger partial charge in [0.1, 0.15) is 0 Å². The van der Waals surface area contributed by atoms with Crippen LogP contribution in [0.4, 0.5) is 0 Å². The van der Waals surface area contributed by atoms with Crippen molar-refractivity contribution in [1.82, 2.24) is 5.32 Å². The van der Waals surface area contributed by atoms with E-state index < -0.39 is 9.28 Å². The monoisotopic (exact) mass is 259 g/mol. The van der Waals surface area contributed by atoms with Crippen molar-refractivity contribution >= 4 is 9.28 Å². The minimum atomic E-state index is -1.35. The summed E-state index contributed by atoms with van der Waals surface area (Å²) >= 11 is 0. The zero-order chi connectivity index (χ0) is 12.3. The van der Waals surface area contributed by atoms with Crippen molar-refractivity contribution in [2.24, 2.45) is 0 Å². The fourth-order valence-electron chi connectivity index (χ4n) is 2.47. The molecule has 1 rings (SSSR count). The molecule has 0 amide bonds. The van der Waals surface area contributed by atoms with Crippen LogP contribution in [0.5, 0.6) is 0 Å². The highest BCUT2D eigenvalue weighted by atomic mass is 28.3. The molecule has 0 aromatic heterocycles. The van der Waals surface area contributed by atoms with Crippen molar-refractivity contribution in [3.8, 4) is 0 Å². The van der Waals surface area contributed by atoms with Gasteiger partial charge >= 0.3 is 9.28 Å². The van der Waals surface area contributed by atoms with Crippen LogP contribution in [0.2, 0.25) is 6.04 Å². The predicted molar refractivity (Wildman–Crippen MR) is 74.7 cm³/mol. The van der Waals surface area contributed by atoms with Crippen LogP contribution in [0.15, 0.2) is 0 Å². The smallest absolute Gasteiger partial charge is 0.321 e. The highest BCUT2D eigenvalue weighted by Gasteiger charge is 2.14. The average Bonchev–Trinajstić information content (AvgIpc) is 2.36. The van der Waals surface area contributed by atoms with Crippen LogP contribution < -0.4 is 5.32 Å². The molecule has 1 saturated carbocycles. The van der Waals surface area contributed by atoms with Gasteiger partial charge in [-0.3, -0.25) is 0 Å². The molecule has 0 saturated heterocycles. The summed E-state index contributed by atoms with van der Waals surface area (Å²) in [5.41, 5.74) is 0. The van der Waals surface area contributed by atoms with Gasteiger partial charge in [0.2, 0.25) is 0 Å². The molecular formula is C13H29NO2Si. The largest absolute Gasteiger partial charge is 0.397 e. The second-order valence-corrected chi connectivity index (χ2v) is 6.87. The lowest BCUT2D eigenvalue weighted by Crippen LogP contribution is -2.32. The van der Waals surface area contributed by atoms with Gasteiger partial charge in [-0.1, -0.05) is 19.3 Å². The average molecular weight is 259 g/mol. The number of nitrogens with one attached hydrogen (secondary N) is 1. The first-order valence-electron chi connectivity index (χ1n) is 7.33. The van der Waals surface area contributed by atoms with Gasteiger partial charge in [-0.2, -0.15) is 0 Å². The number of hydrogen-bond acceptors (Lipinski definition) is 3. The van der Waals surface area contributed by atoms with Crippen molar-refractivity contribution in [3.05, 3.63) is 0 Å². The summed E-state index contributed by atoms with van der Waals surface area (Å²) in [6.45, 7) is 6.84. The summed E-state index contributed by atoms with van der Waals surface area (Å²) in [5, 5.41) is 3.67. The molecule has 3 nitrogen and oxygen atoms in total. The third-order valence-corrected chi connectivity index (χ3v) is 5.65. The fraction of sp³-hybridized carbons (Fsp3) is 1.00. The van der Waals surface area contributed by atoms with Crippen LogP contribution >= 0.6 is 0 Å². The molecule has 0 radical (unpaired) electrons. The molecular weight excluding hydrogens is 230 g/mol. The first kappa shape index (κ1) is 15.2. The van der Waals surface area contributed by atoms with Gasteiger partial charge in [0.25, 0.3) is 0 Å². The Morgan fingerprint density at radius 2 is 1.71 bits per heavy atom. The van der Waals surface area contributed by atoms with Gasteiger partial charge in [0, 0.05) is 19.3 Å². The minimum Gasteiger partial charge on any atom is -0.397 e. The topological polar surface area (TPSA) is 30.5 Å². The van der Waals surface area contributed by atoms with E-state index in [-0.39, 0.29) is 0 Å². The lowest BCUT2D eigenvalue weighted by molar-refractivity contribution is 0.212. The van der Waals surface area contributed by atoms with Gasteiger partial charge in [-0.15, -0.1) is 0 Å². The Bertz CT molecular complexity index is 169. The van der Waals surface area contributed by atoms with E-state index in [1.165, 1.54) is 38.5 Å². The fourth-order valence-corrected chi connectivity index (χ4v) is 4.18. The molecule has 0 aromatic rings. The Morgan fingerprint density at radius 1 is 1.06 bits per heavy atom. The lowest BCUT2D eigenvalue weighted by atomic mass is 9.95. The van der Waals surface area contributed by atoms with E-state index in [1.807, 2.05) is 0 Å². The van der Waals surface area contributed by atoms with E-state index in [0.29, 0.717) is 0 Å². The summed E-state index contributed by atoms with van der Waals surface area (Å²) < 4.78 is 11.3. The SMILES string of the molecule is CCO[SiH](CCCNC1CCCCC1)OCC. The molecule has 0 heterocycles. The van der Waals surface area contributed by atoms with Crippen LogP contribution in [0, 0.1) is 0 Å². The molecule has 0 bridgehead atoms. The zero-order valence-electron chi connectivity index (χ0n) is 11.5. The van der Waals surface area contributed by atoms with E-state index in [9.17, 15) is 0 Å². The summed E-state index contributed by atoms with van der Waals surface area (Å²) in [4.78, 5) is 0. The third kappa shape index (κ3) is 7.19. The highest BCUT2D eigenvalue weighted by Crippen LogP contribution is 2.17. The van der Waals surface area contributed by atoms with Crippen molar-refractivity contribution in [1.29, 1.82) is 0 Å². The number of rotatable bonds is 9. The maximum Gasteiger partial charge on any atom is 0.321 e. The normalized spacial score (nSPS) is 17.8. The molecule has 1 N–H and O–H groups in total. The molecule has 0 atom stereocenters. The van der Waals surface area contributed by atoms with Crippen molar-refractivity contribution in [2.75, 3.05) is 19.8 Å². The Hall–Kier alpha value is 0.0969. The van der Waals surface area contributed by atoms with E-state index in [1.54, 1.807) is 0 Å². The molecule has 1 aliphatic carbocycles. The quantitative estimate of drug-likeness (QED) is 0.510. The summed E-state index contributed by atoms with van der Waals surface area (Å²) in [5.74, 6) is 0. The van der Waals surface area contributed by atoms with Gasteiger partial charge in [-0.05, 0) is 45.7 Å². The van der Waals surface area contributed by atoms with Crippen molar-refractivity contribution < 1.29 is 8.85 Å². The first-order chi connectivity index (χ1) is 8.36. The summed E-state index contributed by atoms with van der Waals surface area (Å²) in [6.07, 6.45) is 8.20. The summed E-state index contributed by atoms with van der Waals surface area (Å²) in [6, 6.07) is 1.92. The van der Waals surface area contributed by atoms with E-state index in [4.69, 9.17) is 8.85 Å². The van der Waals surface area contributed by atoms with Crippen molar-refractivity contribution in [2.45, 2.75) is 64.5 Å². The Labute approximate surface area is 108 Å². The number of hydrogen-bond donors (Lipinski definition) is 1. The second-order valence-electron chi connectivity index (χ2n) is 4.77. The van der Waals surface area contributed by atoms with Crippen molar-refractivity contribution in [3.63, 3.8) is 0 Å². The molecule has 0 aliphatic heterocycles. The molecule has 1 aliphatic rings. The van der Waals surface area contributed by atoms with Gasteiger partial charge < -0.3 is 14.2 Å². The first-order valence-corrected chi connectivity index (χ1v) is 9.09.